The molecule has 2 aliphatic rings. The number of aryl methyl sites for hydroxylation is 1. The van der Waals surface area contributed by atoms with E-state index < -0.39 is 35.6 Å². The predicted molar refractivity (Wildman–Crippen MR) is 176 cm³/mol. The summed E-state index contributed by atoms with van der Waals surface area (Å²) in [7, 11) is 0. The second-order valence-electron chi connectivity index (χ2n) is 12.8. The fourth-order valence-electron chi connectivity index (χ4n) is 6.53. The molecule has 2 heterocycles. The number of carbonyl (C=O) groups is 4. The topological polar surface area (TPSA) is 149 Å². The Morgan fingerprint density at radius 1 is 1.02 bits per heavy atom. The SMILES string of the molecule is CCC(=O)N[C@@H](C(=O)N1CCN(CCO)CC1)[C@@H](C)c1ccc(NC(=O)[C@@H](NC(=O)c2ccnn2CC)[C@H]2CC[C@H](C)CC2)c(F)c1. The van der Waals surface area contributed by atoms with Crippen LogP contribution in [0, 0.1) is 17.7 Å². The van der Waals surface area contributed by atoms with Crippen molar-refractivity contribution in [2.45, 2.75) is 84.3 Å². The number of nitrogens with one attached hydrogen (secondary N) is 3. The van der Waals surface area contributed by atoms with Gasteiger partial charge in [0.25, 0.3) is 5.91 Å². The van der Waals surface area contributed by atoms with E-state index in [0.717, 1.165) is 25.7 Å². The van der Waals surface area contributed by atoms with E-state index in [-0.39, 0.29) is 36.4 Å². The molecule has 1 saturated carbocycles. The number of nitrogens with zero attached hydrogens (tertiary/aromatic N) is 4. The van der Waals surface area contributed by atoms with Crippen LogP contribution in [0.4, 0.5) is 10.1 Å². The van der Waals surface area contributed by atoms with Crippen molar-refractivity contribution in [3.63, 3.8) is 0 Å². The van der Waals surface area contributed by atoms with Crippen molar-refractivity contribution in [3.05, 3.63) is 47.5 Å². The molecule has 0 spiro atoms. The van der Waals surface area contributed by atoms with E-state index in [0.29, 0.717) is 56.4 Å². The third-order valence-corrected chi connectivity index (χ3v) is 9.63. The first-order chi connectivity index (χ1) is 22.6. The molecule has 2 aromatic rings. The maximum atomic E-state index is 15.7. The Balaban J connectivity index is 1.50. The van der Waals surface area contributed by atoms with Gasteiger partial charge >= 0.3 is 0 Å². The summed E-state index contributed by atoms with van der Waals surface area (Å²) in [6.07, 6.45) is 5.13. The van der Waals surface area contributed by atoms with E-state index in [4.69, 9.17) is 0 Å². The fraction of sp³-hybridized carbons (Fsp3) is 0.618. The lowest BCUT2D eigenvalue weighted by molar-refractivity contribution is -0.138. The number of carbonyl (C=O) groups excluding carboxylic acids is 4. The first kappa shape index (κ1) is 36.0. The number of aromatic nitrogens is 2. The molecule has 13 heteroatoms. The van der Waals surface area contributed by atoms with Crippen molar-refractivity contribution in [2.75, 3.05) is 44.6 Å². The van der Waals surface area contributed by atoms with Crippen molar-refractivity contribution in [1.29, 1.82) is 0 Å². The van der Waals surface area contributed by atoms with Crippen LogP contribution in [0.5, 0.6) is 0 Å². The second-order valence-corrected chi connectivity index (χ2v) is 12.8. The first-order valence-electron chi connectivity index (χ1n) is 16.9. The van der Waals surface area contributed by atoms with E-state index in [1.165, 1.54) is 12.1 Å². The van der Waals surface area contributed by atoms with Gasteiger partial charge in [-0.3, -0.25) is 28.8 Å². The van der Waals surface area contributed by atoms with Crippen LogP contribution in [0.1, 0.15) is 81.8 Å². The Morgan fingerprint density at radius 3 is 2.34 bits per heavy atom. The van der Waals surface area contributed by atoms with Crippen LogP contribution >= 0.6 is 0 Å². The van der Waals surface area contributed by atoms with Crippen LogP contribution in [-0.2, 0) is 20.9 Å². The molecule has 4 amide bonds. The predicted octanol–water partition coefficient (Wildman–Crippen LogP) is 2.74. The first-order valence-corrected chi connectivity index (χ1v) is 16.9. The molecular formula is C34H50FN7O5. The number of halogens is 1. The van der Waals surface area contributed by atoms with Crippen LogP contribution in [0.3, 0.4) is 0 Å². The number of piperazine rings is 1. The third kappa shape index (κ3) is 9.16. The summed E-state index contributed by atoms with van der Waals surface area (Å²) in [5.74, 6) is -2.25. The monoisotopic (exact) mass is 655 g/mol. The molecule has 4 rings (SSSR count). The van der Waals surface area contributed by atoms with E-state index in [1.54, 1.807) is 41.8 Å². The van der Waals surface area contributed by atoms with Gasteiger partial charge in [0.15, 0.2) is 0 Å². The maximum Gasteiger partial charge on any atom is 0.270 e. The number of hydrogen-bond acceptors (Lipinski definition) is 7. The molecule has 2 fully saturated rings. The lowest BCUT2D eigenvalue weighted by Crippen LogP contribution is -2.56. The molecule has 1 aliphatic heterocycles. The van der Waals surface area contributed by atoms with Crippen molar-refractivity contribution in [2.24, 2.45) is 11.8 Å². The van der Waals surface area contributed by atoms with Gasteiger partial charge in [-0.25, -0.2) is 4.39 Å². The molecule has 3 atom stereocenters. The quantitative estimate of drug-likeness (QED) is 0.259. The molecule has 12 nitrogen and oxygen atoms in total. The van der Waals surface area contributed by atoms with Gasteiger partial charge in [0.05, 0.1) is 12.3 Å². The largest absolute Gasteiger partial charge is 0.395 e. The molecule has 4 N–H and O–H groups in total. The summed E-state index contributed by atoms with van der Waals surface area (Å²) < 4.78 is 17.2. The Kier molecular flexibility index (Phi) is 12.9. The van der Waals surface area contributed by atoms with Gasteiger partial charge in [-0.1, -0.05) is 39.7 Å². The van der Waals surface area contributed by atoms with Crippen molar-refractivity contribution >= 4 is 29.3 Å². The summed E-state index contributed by atoms with van der Waals surface area (Å²) >= 11 is 0. The van der Waals surface area contributed by atoms with Crippen LogP contribution in [-0.4, -0.2) is 99.7 Å². The standard InChI is InChI=1S/C34H50FN7O5/c1-5-29(44)38-30(34(47)41-17-15-40(16-18-41)19-20-43)23(4)25-11-12-27(26(35)21-25)37-33(46)31(24-9-7-22(3)8-10-24)39-32(45)28-13-14-36-42(28)6-2/h11-14,21-24,30-31,43H,5-10,15-20H2,1-4H3,(H,37,46)(H,38,44)(H,39,45)/t22-,23-,24-,30+,31-/m0/s1. The average molecular weight is 656 g/mol. The molecule has 1 aliphatic carbocycles. The van der Waals surface area contributed by atoms with Gasteiger partial charge in [0, 0.05) is 57.8 Å². The average Bonchev–Trinajstić information content (AvgIpc) is 3.56. The van der Waals surface area contributed by atoms with Crippen molar-refractivity contribution in [3.8, 4) is 0 Å². The lowest BCUT2D eigenvalue weighted by atomic mass is 9.79. The number of anilines is 1. The van der Waals surface area contributed by atoms with E-state index in [9.17, 15) is 24.3 Å². The number of amides is 4. The number of hydrogen-bond donors (Lipinski definition) is 4. The minimum Gasteiger partial charge on any atom is -0.395 e. The molecule has 258 valence electrons. The zero-order valence-corrected chi connectivity index (χ0v) is 28.0. The zero-order valence-electron chi connectivity index (χ0n) is 28.0. The van der Waals surface area contributed by atoms with E-state index >= 15 is 4.39 Å². The molecule has 0 unspecified atom stereocenters. The Hall–Kier alpha value is -3.84. The fourth-order valence-corrected chi connectivity index (χ4v) is 6.53. The number of aliphatic hydroxyl groups is 1. The highest BCUT2D eigenvalue weighted by molar-refractivity contribution is 6.00. The minimum atomic E-state index is -0.906. The number of aliphatic hydroxyl groups excluding tert-OH is 1. The molecule has 0 radical (unpaired) electrons. The highest BCUT2D eigenvalue weighted by atomic mass is 19.1. The van der Waals surface area contributed by atoms with Gasteiger partial charge in [-0.05, 0) is 55.4 Å². The highest BCUT2D eigenvalue weighted by Crippen LogP contribution is 2.32. The normalized spacial score (nSPS) is 20.6. The third-order valence-electron chi connectivity index (χ3n) is 9.63. The zero-order chi connectivity index (χ0) is 34.1. The van der Waals surface area contributed by atoms with Crippen LogP contribution in [0.2, 0.25) is 0 Å². The van der Waals surface area contributed by atoms with E-state index in [1.807, 2.05) is 6.92 Å². The Labute approximate surface area is 276 Å². The Morgan fingerprint density at radius 2 is 1.72 bits per heavy atom. The lowest BCUT2D eigenvalue weighted by Gasteiger charge is -2.37. The van der Waals surface area contributed by atoms with Crippen LogP contribution in [0.15, 0.2) is 30.5 Å². The minimum absolute atomic E-state index is 0.0338. The molecule has 47 heavy (non-hydrogen) atoms. The van der Waals surface area contributed by atoms with Crippen molar-refractivity contribution in [1.82, 2.24) is 30.2 Å². The Bertz CT molecular complexity index is 1380. The summed E-state index contributed by atoms with van der Waals surface area (Å²) in [6, 6.07) is 4.23. The summed E-state index contributed by atoms with van der Waals surface area (Å²) in [5, 5.41) is 21.8. The van der Waals surface area contributed by atoms with Gasteiger partial charge < -0.3 is 26.0 Å². The van der Waals surface area contributed by atoms with Crippen molar-refractivity contribution < 1.29 is 28.7 Å². The number of β-amino-alcohol motifs (C(OH)–C–C–N with tert-alkyl or cyclic N) is 1. The van der Waals surface area contributed by atoms with Gasteiger partial charge in [0.1, 0.15) is 23.6 Å². The van der Waals surface area contributed by atoms with Gasteiger partial charge in [0.2, 0.25) is 17.7 Å². The molecule has 1 aromatic carbocycles. The highest BCUT2D eigenvalue weighted by Gasteiger charge is 2.35. The summed E-state index contributed by atoms with van der Waals surface area (Å²) in [6.45, 7) is 10.7. The summed E-state index contributed by atoms with van der Waals surface area (Å²) in [4.78, 5) is 56.8. The molecule has 0 bridgehead atoms. The molecule has 1 aromatic heterocycles. The van der Waals surface area contributed by atoms with Crippen LogP contribution < -0.4 is 16.0 Å². The van der Waals surface area contributed by atoms with E-state index in [2.05, 4.69) is 32.9 Å². The smallest absolute Gasteiger partial charge is 0.270 e. The van der Waals surface area contributed by atoms with Gasteiger partial charge in [-0.15, -0.1) is 0 Å². The van der Waals surface area contributed by atoms with Gasteiger partial charge in [-0.2, -0.15) is 5.10 Å². The number of rotatable bonds is 13. The maximum absolute atomic E-state index is 15.7. The summed E-state index contributed by atoms with van der Waals surface area (Å²) in [5.41, 5.74) is 0.812. The second kappa shape index (κ2) is 16.8. The number of benzene rings is 1. The molecule has 1 saturated heterocycles. The van der Waals surface area contributed by atoms with Crippen LogP contribution in [0.25, 0.3) is 0 Å². The molecular weight excluding hydrogens is 605 g/mol.